The fourth-order valence-electron chi connectivity index (χ4n) is 1.37. The van der Waals surface area contributed by atoms with E-state index in [1.807, 2.05) is 0 Å². The Hall–Kier alpha value is -1.56. The standard InChI is InChI=1S/C9H7BrN2O3/c1-15-6-4-2-3-5-7(10)11-8(9(13)14)12(5)6/h2-4H,1H3,(H,13,14). The zero-order valence-corrected chi connectivity index (χ0v) is 9.35. The Morgan fingerprint density at radius 1 is 1.60 bits per heavy atom. The molecule has 0 aromatic carbocycles. The number of rotatable bonds is 2. The van der Waals surface area contributed by atoms with Crippen molar-refractivity contribution in [2.45, 2.75) is 0 Å². The van der Waals surface area contributed by atoms with Gasteiger partial charge in [0.15, 0.2) is 5.88 Å². The monoisotopic (exact) mass is 270 g/mol. The van der Waals surface area contributed by atoms with Crippen LogP contribution in [-0.4, -0.2) is 27.6 Å². The van der Waals surface area contributed by atoms with Gasteiger partial charge >= 0.3 is 5.97 Å². The average Bonchev–Trinajstić information content (AvgIpc) is 2.56. The molecule has 2 aromatic heterocycles. The van der Waals surface area contributed by atoms with Gasteiger partial charge in [0.2, 0.25) is 5.82 Å². The van der Waals surface area contributed by atoms with Crippen LogP contribution in [0, 0.1) is 0 Å². The van der Waals surface area contributed by atoms with Crippen LogP contribution in [0.3, 0.4) is 0 Å². The molecule has 2 aromatic rings. The van der Waals surface area contributed by atoms with E-state index in [-0.39, 0.29) is 5.82 Å². The van der Waals surface area contributed by atoms with E-state index < -0.39 is 5.97 Å². The minimum atomic E-state index is -1.10. The van der Waals surface area contributed by atoms with Crippen molar-refractivity contribution in [3.8, 4) is 5.88 Å². The smallest absolute Gasteiger partial charge is 0.372 e. The highest BCUT2D eigenvalue weighted by molar-refractivity contribution is 9.10. The Bertz CT molecular complexity index is 535. The van der Waals surface area contributed by atoms with Crippen LogP contribution in [0.1, 0.15) is 10.6 Å². The van der Waals surface area contributed by atoms with Crippen molar-refractivity contribution in [1.82, 2.24) is 9.38 Å². The molecule has 0 aliphatic heterocycles. The summed E-state index contributed by atoms with van der Waals surface area (Å²) in [5, 5.41) is 8.96. The number of aromatic carboxylic acids is 1. The van der Waals surface area contributed by atoms with Crippen molar-refractivity contribution in [2.75, 3.05) is 7.11 Å². The van der Waals surface area contributed by atoms with Gasteiger partial charge in [-0.15, -0.1) is 0 Å². The van der Waals surface area contributed by atoms with Gasteiger partial charge in [0, 0.05) is 0 Å². The molecule has 1 N–H and O–H groups in total. The van der Waals surface area contributed by atoms with Gasteiger partial charge in [-0.25, -0.2) is 9.78 Å². The third-order valence-electron chi connectivity index (χ3n) is 1.98. The molecule has 0 unspecified atom stereocenters. The summed E-state index contributed by atoms with van der Waals surface area (Å²) in [7, 11) is 1.48. The van der Waals surface area contributed by atoms with Crippen molar-refractivity contribution in [1.29, 1.82) is 0 Å². The zero-order chi connectivity index (χ0) is 11.0. The fraction of sp³-hybridized carbons (Fsp3) is 0.111. The van der Waals surface area contributed by atoms with Gasteiger partial charge in [-0.3, -0.25) is 4.40 Å². The van der Waals surface area contributed by atoms with Crippen molar-refractivity contribution in [3.63, 3.8) is 0 Å². The number of aromatic nitrogens is 2. The molecule has 0 saturated carbocycles. The lowest BCUT2D eigenvalue weighted by Crippen LogP contribution is -2.05. The topological polar surface area (TPSA) is 63.8 Å². The highest BCUT2D eigenvalue weighted by Crippen LogP contribution is 2.24. The number of carboxylic acid groups (broad SMARTS) is 1. The Balaban J connectivity index is 2.88. The number of pyridine rings is 1. The summed E-state index contributed by atoms with van der Waals surface area (Å²) >= 11 is 3.20. The number of hydrogen-bond acceptors (Lipinski definition) is 3. The molecule has 0 amide bonds. The van der Waals surface area contributed by atoms with Crippen LogP contribution < -0.4 is 4.74 Å². The molecule has 0 spiro atoms. The first kappa shape index (κ1) is 9.97. The van der Waals surface area contributed by atoms with Crippen LogP contribution in [0.2, 0.25) is 0 Å². The van der Waals surface area contributed by atoms with Gasteiger partial charge in [0.05, 0.1) is 12.6 Å². The van der Waals surface area contributed by atoms with Crippen molar-refractivity contribution in [2.24, 2.45) is 0 Å². The molecule has 6 heteroatoms. The van der Waals surface area contributed by atoms with E-state index in [2.05, 4.69) is 20.9 Å². The second kappa shape index (κ2) is 3.54. The molecular formula is C9H7BrN2O3. The maximum Gasteiger partial charge on any atom is 0.372 e. The molecule has 0 aliphatic carbocycles. The lowest BCUT2D eigenvalue weighted by Gasteiger charge is -2.04. The van der Waals surface area contributed by atoms with E-state index in [0.717, 1.165) is 0 Å². The first-order valence-corrected chi connectivity index (χ1v) is 4.88. The zero-order valence-electron chi connectivity index (χ0n) is 7.77. The second-order valence-corrected chi connectivity index (χ2v) is 3.57. The van der Waals surface area contributed by atoms with Gasteiger partial charge in [0.1, 0.15) is 4.60 Å². The highest BCUT2D eigenvalue weighted by Gasteiger charge is 2.17. The molecule has 0 aliphatic rings. The van der Waals surface area contributed by atoms with E-state index in [0.29, 0.717) is 16.0 Å². The summed E-state index contributed by atoms with van der Waals surface area (Å²) in [6, 6.07) is 5.20. The number of nitrogens with zero attached hydrogens (tertiary/aromatic N) is 2. The fourth-order valence-corrected chi connectivity index (χ4v) is 1.85. The number of hydrogen-bond donors (Lipinski definition) is 1. The van der Waals surface area contributed by atoms with E-state index >= 15 is 0 Å². The van der Waals surface area contributed by atoms with E-state index in [4.69, 9.17) is 9.84 Å². The van der Waals surface area contributed by atoms with Crippen LogP contribution in [0.4, 0.5) is 0 Å². The van der Waals surface area contributed by atoms with Crippen LogP contribution in [0.5, 0.6) is 5.88 Å². The predicted molar refractivity (Wildman–Crippen MR) is 56.4 cm³/mol. The normalized spacial score (nSPS) is 10.5. The third-order valence-corrected chi connectivity index (χ3v) is 2.57. The van der Waals surface area contributed by atoms with Gasteiger partial charge in [-0.1, -0.05) is 6.07 Å². The Morgan fingerprint density at radius 3 is 2.93 bits per heavy atom. The number of ether oxygens (including phenoxy) is 1. The summed E-state index contributed by atoms with van der Waals surface area (Å²) in [4.78, 5) is 14.8. The third kappa shape index (κ3) is 1.46. The summed E-state index contributed by atoms with van der Waals surface area (Å²) in [6.45, 7) is 0. The first-order valence-electron chi connectivity index (χ1n) is 4.09. The molecule has 78 valence electrons. The van der Waals surface area contributed by atoms with Crippen LogP contribution >= 0.6 is 15.9 Å². The number of imidazole rings is 1. The Labute approximate surface area is 93.4 Å². The van der Waals surface area contributed by atoms with E-state index in [9.17, 15) is 4.79 Å². The number of carboxylic acids is 1. The molecule has 0 bridgehead atoms. The van der Waals surface area contributed by atoms with Crippen molar-refractivity contribution >= 4 is 27.4 Å². The quantitative estimate of drug-likeness (QED) is 0.904. The van der Waals surface area contributed by atoms with Gasteiger partial charge in [0.25, 0.3) is 0 Å². The predicted octanol–water partition coefficient (Wildman–Crippen LogP) is 1.80. The molecule has 15 heavy (non-hydrogen) atoms. The van der Waals surface area contributed by atoms with Crippen LogP contribution in [0.25, 0.3) is 5.52 Å². The second-order valence-electron chi connectivity index (χ2n) is 2.82. The van der Waals surface area contributed by atoms with E-state index in [1.165, 1.54) is 11.5 Å². The molecule has 0 radical (unpaired) electrons. The minimum Gasteiger partial charge on any atom is -0.482 e. The largest absolute Gasteiger partial charge is 0.482 e. The summed E-state index contributed by atoms with van der Waals surface area (Å²) in [5.74, 6) is -0.738. The molecule has 2 rings (SSSR count). The average molecular weight is 271 g/mol. The first-order chi connectivity index (χ1) is 7.15. The number of halogens is 1. The molecule has 5 nitrogen and oxygen atoms in total. The van der Waals surface area contributed by atoms with E-state index in [1.54, 1.807) is 18.2 Å². The number of carbonyl (C=O) groups is 1. The van der Waals surface area contributed by atoms with Crippen molar-refractivity contribution < 1.29 is 14.6 Å². The maximum atomic E-state index is 10.9. The molecular weight excluding hydrogens is 264 g/mol. The van der Waals surface area contributed by atoms with Crippen molar-refractivity contribution in [3.05, 3.63) is 28.6 Å². The Morgan fingerprint density at radius 2 is 2.33 bits per heavy atom. The number of methoxy groups -OCH3 is 1. The SMILES string of the molecule is COc1cccc2c(Br)nc(C(=O)O)n12. The molecule has 0 atom stereocenters. The lowest BCUT2D eigenvalue weighted by atomic mass is 10.4. The summed E-state index contributed by atoms with van der Waals surface area (Å²) in [5.41, 5.74) is 0.659. The maximum absolute atomic E-state index is 10.9. The highest BCUT2D eigenvalue weighted by atomic mass is 79.9. The van der Waals surface area contributed by atoms with Gasteiger partial charge < -0.3 is 9.84 Å². The summed E-state index contributed by atoms with van der Waals surface area (Å²) in [6.07, 6.45) is 0. The molecule has 2 heterocycles. The van der Waals surface area contributed by atoms with Crippen LogP contribution in [-0.2, 0) is 0 Å². The Kier molecular flexibility index (Phi) is 2.36. The molecule has 0 fully saturated rings. The van der Waals surface area contributed by atoms with Gasteiger partial charge in [-0.2, -0.15) is 0 Å². The molecule has 0 saturated heterocycles. The lowest BCUT2D eigenvalue weighted by molar-refractivity contribution is 0.0681. The minimum absolute atomic E-state index is 0.0747. The van der Waals surface area contributed by atoms with Gasteiger partial charge in [-0.05, 0) is 28.1 Å². The number of fused-ring (bicyclic) bond motifs is 1. The summed E-state index contributed by atoms with van der Waals surface area (Å²) < 4.78 is 6.99. The van der Waals surface area contributed by atoms with Crippen LogP contribution in [0.15, 0.2) is 22.8 Å².